The lowest BCUT2D eigenvalue weighted by atomic mass is 9.94. The quantitative estimate of drug-likeness (QED) is 0.762. The van der Waals surface area contributed by atoms with Gasteiger partial charge >= 0.3 is 6.03 Å². The van der Waals surface area contributed by atoms with Crippen LogP contribution < -0.4 is 0 Å². The summed E-state index contributed by atoms with van der Waals surface area (Å²) in [5.74, 6) is -0.221. The molecule has 0 unspecified atom stereocenters. The molecule has 0 saturated carbocycles. The number of nitrogens with zero attached hydrogens (tertiary/aromatic N) is 5. The summed E-state index contributed by atoms with van der Waals surface area (Å²) in [6, 6.07) is -1.56. The maximum Gasteiger partial charge on any atom is 0.345 e. The molecule has 0 radical (unpaired) electrons. The summed E-state index contributed by atoms with van der Waals surface area (Å²) in [4.78, 5) is 33.9. The van der Waals surface area contributed by atoms with Crippen molar-refractivity contribution in [2.75, 3.05) is 27.2 Å². The Bertz CT molecular complexity index is 698. The summed E-state index contributed by atoms with van der Waals surface area (Å²) in [7, 11) is 4.99. The molecule has 3 heterocycles. The monoisotopic (exact) mass is 335 g/mol. The molecule has 0 aliphatic carbocycles. The van der Waals surface area contributed by atoms with Gasteiger partial charge in [0.15, 0.2) is 6.04 Å². The largest absolute Gasteiger partial charge is 0.390 e. The number of aromatic nitrogens is 2. The Morgan fingerprint density at radius 2 is 2.25 bits per heavy atom. The predicted molar refractivity (Wildman–Crippen MR) is 83.4 cm³/mol. The highest BCUT2D eigenvalue weighted by molar-refractivity contribution is 5.90. The Morgan fingerprint density at radius 3 is 2.83 bits per heavy atom. The van der Waals surface area contributed by atoms with Crippen LogP contribution in [0.3, 0.4) is 0 Å². The molecule has 2 bridgehead atoms. The van der Waals surface area contributed by atoms with Gasteiger partial charge in [-0.3, -0.25) is 14.3 Å². The van der Waals surface area contributed by atoms with Crippen LogP contribution in [-0.2, 0) is 23.3 Å². The number of likely N-dealkylation sites (N-methyl/N-ethyl adjacent to an activating group) is 1. The van der Waals surface area contributed by atoms with Crippen LogP contribution in [0.5, 0.6) is 0 Å². The molecule has 2 atom stereocenters. The number of urea groups is 1. The third-order valence-corrected chi connectivity index (χ3v) is 4.35. The number of amides is 3. The highest BCUT2D eigenvalue weighted by Crippen LogP contribution is 2.45. The molecule has 3 amide bonds. The van der Waals surface area contributed by atoms with Crippen molar-refractivity contribution in [1.82, 2.24) is 24.6 Å². The molecule has 1 fully saturated rings. The van der Waals surface area contributed by atoms with Crippen molar-refractivity contribution in [3.05, 3.63) is 29.6 Å². The minimum atomic E-state index is -0.783. The fourth-order valence-corrected chi connectivity index (χ4v) is 3.36. The van der Waals surface area contributed by atoms with Gasteiger partial charge in [0.2, 0.25) is 0 Å². The number of hydroxylamine groups is 2. The molecule has 130 valence electrons. The number of aliphatic hydroxyl groups is 1. The lowest BCUT2D eigenvalue weighted by molar-refractivity contribution is -0.134. The first-order chi connectivity index (χ1) is 11.4. The molecule has 9 heteroatoms. The Hall–Kier alpha value is -2.39. The number of aliphatic hydroxyl groups excluding tert-OH is 1. The Morgan fingerprint density at radius 1 is 1.54 bits per heavy atom. The van der Waals surface area contributed by atoms with Crippen molar-refractivity contribution in [3.63, 3.8) is 0 Å². The van der Waals surface area contributed by atoms with Crippen molar-refractivity contribution in [1.29, 1.82) is 0 Å². The van der Waals surface area contributed by atoms with Gasteiger partial charge in [0.1, 0.15) is 6.04 Å². The van der Waals surface area contributed by atoms with Gasteiger partial charge in [-0.1, -0.05) is 6.08 Å². The molecule has 2 aliphatic heterocycles. The third-order valence-electron chi connectivity index (χ3n) is 4.35. The SMILES string of the molecule is C=CCON1C(=O)N2C[C@@H]1c1c(CO)nn(C)c1[C@H]2C(=O)N(C)C. The van der Waals surface area contributed by atoms with E-state index in [9.17, 15) is 14.7 Å². The number of carbonyl (C=O) groups excluding carboxylic acids is 2. The van der Waals surface area contributed by atoms with Crippen LogP contribution in [0.15, 0.2) is 12.7 Å². The van der Waals surface area contributed by atoms with E-state index in [-0.39, 0.29) is 25.2 Å². The average molecular weight is 335 g/mol. The minimum Gasteiger partial charge on any atom is -0.390 e. The maximum absolute atomic E-state index is 12.7. The molecule has 1 aromatic heterocycles. The molecule has 0 spiro atoms. The molecule has 2 aliphatic rings. The summed E-state index contributed by atoms with van der Waals surface area (Å²) >= 11 is 0. The number of rotatable bonds is 5. The molecule has 1 saturated heterocycles. The van der Waals surface area contributed by atoms with Crippen LogP contribution in [0.4, 0.5) is 4.79 Å². The van der Waals surface area contributed by atoms with Crippen molar-refractivity contribution in [2.24, 2.45) is 7.05 Å². The van der Waals surface area contributed by atoms with Crippen LogP contribution in [-0.4, -0.2) is 68.9 Å². The molecule has 24 heavy (non-hydrogen) atoms. The standard InChI is InChI=1S/C15H21N5O4/c1-5-6-24-20-10-7-19(15(20)23)13(14(22)17(2)3)12-11(10)9(8-21)16-18(12)4/h5,10,13,21H,1,6-8H2,2-4H3/t10-,13+/m1/s1. The molecule has 1 N–H and O–H groups in total. The van der Waals surface area contributed by atoms with Crippen molar-refractivity contribution in [2.45, 2.75) is 18.7 Å². The molecule has 9 nitrogen and oxygen atoms in total. The van der Waals surface area contributed by atoms with Crippen LogP contribution in [0.1, 0.15) is 29.0 Å². The van der Waals surface area contributed by atoms with Gasteiger partial charge in [-0.25, -0.2) is 4.79 Å². The van der Waals surface area contributed by atoms with Crippen molar-refractivity contribution >= 4 is 11.9 Å². The van der Waals surface area contributed by atoms with Crippen LogP contribution in [0.2, 0.25) is 0 Å². The number of aryl methyl sites for hydroxylation is 1. The smallest absolute Gasteiger partial charge is 0.345 e. The van der Waals surface area contributed by atoms with Gasteiger partial charge in [-0.15, -0.1) is 6.58 Å². The van der Waals surface area contributed by atoms with Gasteiger partial charge in [0.05, 0.1) is 31.1 Å². The fourth-order valence-electron chi connectivity index (χ4n) is 3.36. The lowest BCUT2D eigenvalue weighted by Crippen LogP contribution is -2.44. The van der Waals surface area contributed by atoms with Crippen LogP contribution >= 0.6 is 0 Å². The van der Waals surface area contributed by atoms with E-state index < -0.39 is 12.1 Å². The molecular formula is C15H21N5O4. The van der Waals surface area contributed by atoms with Gasteiger partial charge in [-0.2, -0.15) is 10.2 Å². The topological polar surface area (TPSA) is 91.1 Å². The normalized spacial score (nSPS) is 21.9. The highest BCUT2D eigenvalue weighted by Gasteiger charge is 2.53. The number of fused-ring (bicyclic) bond motifs is 4. The summed E-state index contributed by atoms with van der Waals surface area (Å²) in [5, 5.41) is 15.2. The lowest BCUT2D eigenvalue weighted by Gasteiger charge is -2.32. The summed E-state index contributed by atoms with van der Waals surface area (Å²) < 4.78 is 1.57. The fraction of sp³-hybridized carbons (Fsp3) is 0.533. The molecular weight excluding hydrogens is 314 g/mol. The first kappa shape index (κ1) is 16.5. The van der Waals surface area contributed by atoms with E-state index in [1.807, 2.05) is 0 Å². The Kier molecular flexibility index (Phi) is 4.06. The van der Waals surface area contributed by atoms with E-state index in [4.69, 9.17) is 4.84 Å². The Labute approximate surface area is 139 Å². The number of carbonyl (C=O) groups is 2. The van der Waals surface area contributed by atoms with Gasteiger partial charge < -0.3 is 14.9 Å². The minimum absolute atomic E-state index is 0.173. The predicted octanol–water partition coefficient (Wildman–Crippen LogP) is -0.0484. The Balaban J connectivity index is 2.14. The zero-order valence-corrected chi connectivity index (χ0v) is 14.0. The van der Waals surface area contributed by atoms with Crippen LogP contribution in [0.25, 0.3) is 0 Å². The first-order valence-corrected chi connectivity index (χ1v) is 7.63. The highest BCUT2D eigenvalue weighted by atomic mass is 16.7. The summed E-state index contributed by atoms with van der Waals surface area (Å²) in [6.45, 7) is 3.80. The zero-order chi connectivity index (χ0) is 17.6. The van der Waals surface area contributed by atoms with Crippen molar-refractivity contribution in [3.8, 4) is 0 Å². The second kappa shape index (κ2) is 5.91. The second-order valence-corrected chi connectivity index (χ2v) is 6.02. The summed E-state index contributed by atoms with van der Waals surface area (Å²) in [6.07, 6.45) is 1.55. The first-order valence-electron chi connectivity index (χ1n) is 7.63. The van der Waals surface area contributed by atoms with E-state index in [1.54, 1.807) is 31.9 Å². The van der Waals surface area contributed by atoms with Gasteiger partial charge in [-0.05, 0) is 0 Å². The van der Waals surface area contributed by atoms with Crippen molar-refractivity contribution < 1.29 is 19.5 Å². The number of hydrogen-bond donors (Lipinski definition) is 1. The second-order valence-electron chi connectivity index (χ2n) is 6.02. The maximum atomic E-state index is 12.7. The van der Waals surface area contributed by atoms with E-state index in [2.05, 4.69) is 11.7 Å². The van der Waals surface area contributed by atoms with Crippen LogP contribution in [0, 0.1) is 0 Å². The zero-order valence-electron chi connectivity index (χ0n) is 14.0. The van der Waals surface area contributed by atoms with Gasteiger partial charge in [0, 0.05) is 26.7 Å². The van der Waals surface area contributed by atoms with E-state index >= 15 is 0 Å². The summed E-state index contributed by atoms with van der Waals surface area (Å²) in [5.41, 5.74) is 1.76. The number of hydrogen-bond acceptors (Lipinski definition) is 5. The molecule has 1 aromatic rings. The van der Waals surface area contributed by atoms with E-state index in [1.165, 1.54) is 14.9 Å². The van der Waals surface area contributed by atoms with E-state index in [0.717, 1.165) is 0 Å². The average Bonchev–Trinajstić information content (AvgIpc) is 3.03. The molecule has 3 rings (SSSR count). The third kappa shape index (κ3) is 2.20. The van der Waals surface area contributed by atoms with Gasteiger partial charge in [0.25, 0.3) is 5.91 Å². The van der Waals surface area contributed by atoms with E-state index in [0.29, 0.717) is 23.5 Å². The molecule has 0 aromatic carbocycles.